The molecule has 0 bridgehead atoms. The number of nitrogens with zero attached hydrogens (tertiary/aromatic N) is 1. The first-order valence-corrected chi connectivity index (χ1v) is 10.6. The van der Waals surface area contributed by atoms with Crippen molar-refractivity contribution in [3.8, 4) is 0 Å². The van der Waals surface area contributed by atoms with E-state index in [4.69, 9.17) is 9.72 Å². The monoisotopic (exact) mass is 388 g/mol. The van der Waals surface area contributed by atoms with Crippen molar-refractivity contribution >= 4 is 33.4 Å². The van der Waals surface area contributed by atoms with Gasteiger partial charge in [-0.2, -0.15) is 0 Å². The molecule has 0 aliphatic heterocycles. The average Bonchev–Trinajstić information content (AvgIpc) is 3.27. The van der Waals surface area contributed by atoms with Crippen molar-refractivity contribution < 1.29 is 14.3 Å². The summed E-state index contributed by atoms with van der Waals surface area (Å²) in [5.74, 6) is -0.477. The fraction of sp³-hybridized carbons (Fsp3) is 0.571. The third-order valence-corrected chi connectivity index (χ3v) is 6.32. The summed E-state index contributed by atoms with van der Waals surface area (Å²) in [4.78, 5) is 29.6. The van der Waals surface area contributed by atoms with Crippen molar-refractivity contribution in [1.29, 1.82) is 0 Å². The number of carbonyl (C=O) groups excluding carboxylic acids is 2. The SMILES string of the molecule is CCC[C@H](C)NC(=O)COC(=O)C1(Cc2nc3ccccc3s2)CCCC1. The summed E-state index contributed by atoms with van der Waals surface area (Å²) in [6, 6.07) is 8.13. The minimum atomic E-state index is -0.539. The second-order valence-corrected chi connectivity index (χ2v) is 8.69. The molecule has 5 nitrogen and oxygen atoms in total. The lowest BCUT2D eigenvalue weighted by Gasteiger charge is -2.25. The van der Waals surface area contributed by atoms with Crippen LogP contribution in [0, 0.1) is 5.41 Å². The van der Waals surface area contributed by atoms with E-state index in [0.717, 1.165) is 53.7 Å². The molecule has 1 aliphatic rings. The number of para-hydroxylation sites is 1. The quantitative estimate of drug-likeness (QED) is 0.687. The Balaban J connectivity index is 1.63. The molecule has 2 aromatic rings. The van der Waals surface area contributed by atoms with Crippen LogP contribution in [0.2, 0.25) is 0 Å². The van der Waals surface area contributed by atoms with Gasteiger partial charge in [0.1, 0.15) is 0 Å². The highest BCUT2D eigenvalue weighted by atomic mass is 32.1. The van der Waals surface area contributed by atoms with E-state index in [1.807, 2.05) is 25.1 Å². The summed E-state index contributed by atoms with van der Waals surface area (Å²) in [6.07, 6.45) is 6.15. The molecule has 1 fully saturated rings. The van der Waals surface area contributed by atoms with Crippen LogP contribution < -0.4 is 5.32 Å². The van der Waals surface area contributed by atoms with Gasteiger partial charge < -0.3 is 10.1 Å². The van der Waals surface area contributed by atoms with Crippen LogP contribution in [0.5, 0.6) is 0 Å². The fourth-order valence-corrected chi connectivity index (χ4v) is 5.01. The Bertz CT molecular complexity index is 763. The number of nitrogens with one attached hydrogen (secondary N) is 1. The van der Waals surface area contributed by atoms with E-state index in [0.29, 0.717) is 6.42 Å². The van der Waals surface area contributed by atoms with E-state index in [-0.39, 0.29) is 24.5 Å². The molecule has 6 heteroatoms. The lowest BCUT2D eigenvalue weighted by atomic mass is 9.83. The predicted octanol–water partition coefficient (Wildman–Crippen LogP) is 4.25. The Hall–Kier alpha value is -1.95. The molecule has 0 radical (unpaired) electrons. The van der Waals surface area contributed by atoms with Crippen molar-refractivity contribution in [1.82, 2.24) is 10.3 Å². The summed E-state index contributed by atoms with van der Waals surface area (Å²) < 4.78 is 6.58. The van der Waals surface area contributed by atoms with Gasteiger partial charge >= 0.3 is 5.97 Å². The minimum Gasteiger partial charge on any atom is -0.455 e. The minimum absolute atomic E-state index is 0.101. The van der Waals surface area contributed by atoms with E-state index < -0.39 is 5.41 Å². The molecule has 1 atom stereocenters. The molecule has 0 unspecified atom stereocenters. The van der Waals surface area contributed by atoms with Crippen LogP contribution in [0.3, 0.4) is 0 Å². The summed E-state index contributed by atoms with van der Waals surface area (Å²) >= 11 is 1.64. The van der Waals surface area contributed by atoms with Gasteiger partial charge in [0.25, 0.3) is 5.91 Å². The van der Waals surface area contributed by atoms with E-state index >= 15 is 0 Å². The summed E-state index contributed by atoms with van der Waals surface area (Å²) in [6.45, 7) is 3.85. The zero-order valence-electron chi connectivity index (χ0n) is 16.1. The number of ether oxygens (including phenoxy) is 1. The van der Waals surface area contributed by atoms with Gasteiger partial charge in [0.15, 0.2) is 6.61 Å². The highest BCUT2D eigenvalue weighted by molar-refractivity contribution is 7.18. The van der Waals surface area contributed by atoms with E-state index in [9.17, 15) is 9.59 Å². The molecule has 3 rings (SSSR count). The lowest BCUT2D eigenvalue weighted by molar-refractivity contribution is -0.159. The molecule has 1 N–H and O–H groups in total. The zero-order chi connectivity index (χ0) is 19.3. The van der Waals surface area contributed by atoms with Gasteiger partial charge in [0, 0.05) is 12.5 Å². The van der Waals surface area contributed by atoms with Gasteiger partial charge in [-0.3, -0.25) is 9.59 Å². The number of fused-ring (bicyclic) bond motifs is 1. The third kappa shape index (κ3) is 4.86. The van der Waals surface area contributed by atoms with Gasteiger partial charge in [-0.05, 0) is 38.3 Å². The van der Waals surface area contributed by atoms with E-state index in [2.05, 4.69) is 18.3 Å². The zero-order valence-corrected chi connectivity index (χ0v) is 16.9. The number of benzene rings is 1. The number of hydrogen-bond donors (Lipinski definition) is 1. The van der Waals surface area contributed by atoms with Gasteiger partial charge in [0.2, 0.25) is 0 Å². The van der Waals surface area contributed by atoms with Crippen LogP contribution in [0.15, 0.2) is 24.3 Å². The second-order valence-electron chi connectivity index (χ2n) is 7.57. The first-order valence-electron chi connectivity index (χ1n) is 9.83. The van der Waals surface area contributed by atoms with Crippen LogP contribution in [0.25, 0.3) is 10.2 Å². The molecule has 0 saturated heterocycles. The number of carbonyl (C=O) groups is 2. The first-order chi connectivity index (χ1) is 13.0. The predicted molar refractivity (Wildman–Crippen MR) is 108 cm³/mol. The Morgan fingerprint density at radius 3 is 2.74 bits per heavy atom. The van der Waals surface area contributed by atoms with Gasteiger partial charge in [-0.15, -0.1) is 11.3 Å². The van der Waals surface area contributed by atoms with Crippen LogP contribution in [-0.2, 0) is 20.7 Å². The van der Waals surface area contributed by atoms with E-state index in [1.165, 1.54) is 0 Å². The Morgan fingerprint density at radius 1 is 1.30 bits per heavy atom. The lowest BCUT2D eigenvalue weighted by Crippen LogP contribution is -2.38. The number of amides is 1. The number of esters is 1. The Labute approximate surface area is 164 Å². The summed E-state index contributed by atoms with van der Waals surface area (Å²) in [7, 11) is 0. The maximum absolute atomic E-state index is 12.9. The molecule has 1 aromatic heterocycles. The van der Waals surface area contributed by atoms with Crippen molar-refractivity contribution in [3.05, 3.63) is 29.3 Å². The summed E-state index contributed by atoms with van der Waals surface area (Å²) in [5.41, 5.74) is 0.437. The van der Waals surface area contributed by atoms with Crippen molar-refractivity contribution in [3.63, 3.8) is 0 Å². The number of hydrogen-bond acceptors (Lipinski definition) is 5. The maximum Gasteiger partial charge on any atom is 0.313 e. The molecule has 1 aliphatic carbocycles. The fourth-order valence-electron chi connectivity index (χ4n) is 3.90. The van der Waals surface area contributed by atoms with Crippen LogP contribution in [-0.4, -0.2) is 29.5 Å². The molecule has 1 aromatic carbocycles. The van der Waals surface area contributed by atoms with E-state index in [1.54, 1.807) is 11.3 Å². The molecular weight excluding hydrogens is 360 g/mol. The first kappa shape index (κ1) is 19.8. The molecule has 1 saturated carbocycles. The summed E-state index contributed by atoms with van der Waals surface area (Å²) in [5, 5.41) is 3.85. The topological polar surface area (TPSA) is 68.3 Å². The van der Waals surface area contributed by atoms with Crippen LogP contribution in [0.1, 0.15) is 57.4 Å². The van der Waals surface area contributed by atoms with Crippen molar-refractivity contribution in [2.45, 2.75) is 64.8 Å². The van der Waals surface area contributed by atoms with Crippen LogP contribution in [0.4, 0.5) is 0 Å². The molecular formula is C21H28N2O3S. The normalized spacial score (nSPS) is 17.0. The Morgan fingerprint density at radius 2 is 2.04 bits per heavy atom. The highest BCUT2D eigenvalue weighted by Gasteiger charge is 2.43. The van der Waals surface area contributed by atoms with Crippen molar-refractivity contribution in [2.75, 3.05) is 6.61 Å². The van der Waals surface area contributed by atoms with Gasteiger partial charge in [-0.1, -0.05) is 38.3 Å². The van der Waals surface area contributed by atoms with Crippen LogP contribution >= 0.6 is 11.3 Å². The average molecular weight is 389 g/mol. The Kier molecular flexibility index (Phi) is 6.47. The molecule has 1 amide bonds. The maximum atomic E-state index is 12.9. The second kappa shape index (κ2) is 8.83. The smallest absolute Gasteiger partial charge is 0.313 e. The third-order valence-electron chi connectivity index (χ3n) is 5.28. The number of aromatic nitrogens is 1. The number of rotatable bonds is 8. The van der Waals surface area contributed by atoms with Crippen molar-refractivity contribution in [2.24, 2.45) is 5.41 Å². The molecule has 146 valence electrons. The van der Waals surface area contributed by atoms with Gasteiger partial charge in [-0.25, -0.2) is 4.98 Å². The van der Waals surface area contributed by atoms with Gasteiger partial charge in [0.05, 0.1) is 20.6 Å². The standard InChI is InChI=1S/C21H28N2O3S/c1-3-8-15(2)22-18(24)14-26-20(25)21(11-6-7-12-21)13-19-23-16-9-4-5-10-17(16)27-19/h4-5,9-10,15H,3,6-8,11-14H2,1-2H3,(H,22,24)/t15-/m0/s1. The molecule has 1 heterocycles. The highest BCUT2D eigenvalue weighted by Crippen LogP contribution is 2.43. The molecule has 27 heavy (non-hydrogen) atoms. The largest absolute Gasteiger partial charge is 0.455 e. The number of thiazole rings is 1. The molecule has 0 spiro atoms.